The number of nitrogens with one attached hydrogen (secondary N) is 1. The smallest absolute Gasteiger partial charge is 0.257 e. The third-order valence-corrected chi connectivity index (χ3v) is 5.01. The zero-order chi connectivity index (χ0) is 19.5. The van der Waals surface area contributed by atoms with Crippen molar-refractivity contribution in [2.24, 2.45) is 0 Å². The second kappa shape index (κ2) is 7.90. The van der Waals surface area contributed by atoms with E-state index in [4.69, 9.17) is 15.0 Å². The maximum absolute atomic E-state index is 13.7. The van der Waals surface area contributed by atoms with Crippen LogP contribution in [-0.4, -0.2) is 48.4 Å². The number of alkyl halides is 1. The Hall–Kier alpha value is -3.05. The summed E-state index contributed by atoms with van der Waals surface area (Å²) in [6, 6.07) is 6.85. The first-order valence-electron chi connectivity index (χ1n) is 9.31. The number of carbonyl (C=O) groups is 1. The second-order valence-corrected chi connectivity index (χ2v) is 6.89. The van der Waals surface area contributed by atoms with Crippen molar-refractivity contribution in [3.05, 3.63) is 46.8 Å². The van der Waals surface area contributed by atoms with Crippen molar-refractivity contribution >= 4 is 17.5 Å². The van der Waals surface area contributed by atoms with Crippen LogP contribution in [0.15, 0.2) is 24.4 Å². The Morgan fingerprint density at radius 3 is 3.00 bits per heavy atom. The highest BCUT2D eigenvalue weighted by Gasteiger charge is 2.26. The topological polar surface area (TPSA) is 91.1 Å². The van der Waals surface area contributed by atoms with E-state index in [1.165, 1.54) is 12.3 Å². The SMILES string of the molecule is N#Cc1ccnc(NC(=O)c2cc(N3CC[C@H](F)C3)nc3c2CCOCC3)c1. The molecule has 4 rings (SSSR count). The molecule has 0 saturated carbocycles. The molecule has 0 spiro atoms. The number of anilines is 2. The zero-order valence-electron chi connectivity index (χ0n) is 15.3. The molecular weight excluding hydrogens is 361 g/mol. The van der Waals surface area contributed by atoms with Crippen LogP contribution >= 0.6 is 0 Å². The highest BCUT2D eigenvalue weighted by atomic mass is 19.1. The first kappa shape index (κ1) is 18.3. The number of carbonyl (C=O) groups excluding carboxylic acids is 1. The van der Waals surface area contributed by atoms with Crippen LogP contribution in [0.4, 0.5) is 16.0 Å². The van der Waals surface area contributed by atoms with E-state index in [-0.39, 0.29) is 12.5 Å². The highest BCUT2D eigenvalue weighted by molar-refractivity contribution is 6.05. The van der Waals surface area contributed by atoms with Gasteiger partial charge in [0.25, 0.3) is 5.91 Å². The van der Waals surface area contributed by atoms with E-state index >= 15 is 0 Å². The summed E-state index contributed by atoms with van der Waals surface area (Å²) in [4.78, 5) is 23.7. The minimum Gasteiger partial charge on any atom is -0.381 e. The Morgan fingerprint density at radius 1 is 1.36 bits per heavy atom. The highest BCUT2D eigenvalue weighted by Crippen LogP contribution is 2.27. The van der Waals surface area contributed by atoms with Crippen LogP contribution in [0.5, 0.6) is 0 Å². The van der Waals surface area contributed by atoms with Crippen molar-refractivity contribution in [3.63, 3.8) is 0 Å². The van der Waals surface area contributed by atoms with Crippen molar-refractivity contribution in [1.29, 1.82) is 5.26 Å². The number of halogens is 1. The first-order chi connectivity index (χ1) is 13.6. The summed E-state index contributed by atoms with van der Waals surface area (Å²) in [5.74, 6) is 0.607. The molecule has 144 valence electrons. The number of ether oxygens (including phenoxy) is 1. The van der Waals surface area contributed by atoms with Crippen LogP contribution in [-0.2, 0) is 17.6 Å². The molecule has 8 heteroatoms. The molecule has 0 aliphatic carbocycles. The van der Waals surface area contributed by atoms with E-state index in [1.807, 2.05) is 11.0 Å². The molecule has 1 fully saturated rings. The molecule has 28 heavy (non-hydrogen) atoms. The van der Waals surface area contributed by atoms with E-state index in [9.17, 15) is 9.18 Å². The molecular formula is C20H20FN5O2. The average molecular weight is 381 g/mol. The van der Waals surface area contributed by atoms with Gasteiger partial charge in [-0.25, -0.2) is 14.4 Å². The Balaban J connectivity index is 1.69. The van der Waals surface area contributed by atoms with Gasteiger partial charge in [0.2, 0.25) is 0 Å². The predicted molar refractivity (Wildman–Crippen MR) is 101 cm³/mol. The summed E-state index contributed by atoms with van der Waals surface area (Å²) in [6.07, 6.45) is 2.26. The zero-order valence-corrected chi connectivity index (χ0v) is 15.3. The van der Waals surface area contributed by atoms with Gasteiger partial charge < -0.3 is 15.0 Å². The lowest BCUT2D eigenvalue weighted by Crippen LogP contribution is -2.24. The fourth-order valence-electron chi connectivity index (χ4n) is 3.58. The van der Waals surface area contributed by atoms with Crippen LogP contribution in [0.2, 0.25) is 0 Å². The molecule has 2 aromatic rings. The normalized spacial score (nSPS) is 18.9. The van der Waals surface area contributed by atoms with Gasteiger partial charge in [-0.3, -0.25) is 4.79 Å². The van der Waals surface area contributed by atoms with Crippen LogP contribution in [0.3, 0.4) is 0 Å². The summed E-state index contributed by atoms with van der Waals surface area (Å²) < 4.78 is 19.2. The minimum atomic E-state index is -0.876. The van der Waals surface area contributed by atoms with Crippen molar-refractivity contribution in [2.75, 3.05) is 36.5 Å². The van der Waals surface area contributed by atoms with Crippen LogP contribution < -0.4 is 10.2 Å². The van der Waals surface area contributed by atoms with Gasteiger partial charge in [-0.2, -0.15) is 5.26 Å². The van der Waals surface area contributed by atoms with Gasteiger partial charge in [0.05, 0.1) is 31.4 Å². The van der Waals surface area contributed by atoms with Crippen molar-refractivity contribution in [3.8, 4) is 6.07 Å². The minimum absolute atomic E-state index is 0.287. The number of fused-ring (bicyclic) bond motifs is 1. The molecule has 7 nitrogen and oxygen atoms in total. The third-order valence-electron chi connectivity index (χ3n) is 5.01. The predicted octanol–water partition coefficient (Wildman–Crippen LogP) is 2.26. The van der Waals surface area contributed by atoms with Crippen molar-refractivity contribution in [1.82, 2.24) is 9.97 Å². The maximum Gasteiger partial charge on any atom is 0.257 e. The number of amides is 1. The maximum atomic E-state index is 13.7. The fourth-order valence-corrected chi connectivity index (χ4v) is 3.58. The molecule has 0 bridgehead atoms. The Kier molecular flexibility index (Phi) is 5.17. The largest absolute Gasteiger partial charge is 0.381 e. The standard InChI is InChI=1S/C20H20FN5O2/c21-14-2-6-26(12-14)19-10-16(15-3-7-28-8-4-17(15)24-19)20(27)25-18-9-13(11-22)1-5-23-18/h1,5,9-10,14H,2-4,6-8,12H2,(H,23,25,27)/t14-/m0/s1. The number of rotatable bonds is 3. The summed E-state index contributed by atoms with van der Waals surface area (Å²) >= 11 is 0. The summed E-state index contributed by atoms with van der Waals surface area (Å²) in [6.45, 7) is 1.93. The van der Waals surface area contributed by atoms with Gasteiger partial charge in [0.1, 0.15) is 17.8 Å². The summed E-state index contributed by atoms with van der Waals surface area (Å²) in [5, 5.41) is 11.8. The molecule has 1 amide bonds. The van der Waals surface area contributed by atoms with Crippen LogP contribution in [0.1, 0.15) is 33.6 Å². The number of pyridine rings is 2. The van der Waals surface area contributed by atoms with Crippen molar-refractivity contribution < 1.29 is 13.9 Å². The molecule has 0 unspecified atom stereocenters. The quantitative estimate of drug-likeness (QED) is 0.877. The Bertz CT molecular complexity index is 943. The summed E-state index contributed by atoms with van der Waals surface area (Å²) in [5.41, 5.74) is 2.59. The molecule has 0 radical (unpaired) electrons. The lowest BCUT2D eigenvalue weighted by atomic mass is 10.0. The van der Waals surface area contributed by atoms with Gasteiger partial charge in [-0.15, -0.1) is 0 Å². The molecule has 1 N–H and O–H groups in total. The lowest BCUT2D eigenvalue weighted by molar-refractivity contribution is 0.102. The molecule has 2 aliphatic heterocycles. The van der Waals surface area contributed by atoms with E-state index in [2.05, 4.69) is 10.3 Å². The number of aromatic nitrogens is 2. The average Bonchev–Trinajstić information content (AvgIpc) is 3.00. The van der Waals surface area contributed by atoms with Gasteiger partial charge in [0.15, 0.2) is 0 Å². The fraction of sp³-hybridized carbons (Fsp3) is 0.400. The molecule has 2 aromatic heterocycles. The Morgan fingerprint density at radius 2 is 2.21 bits per heavy atom. The summed E-state index contributed by atoms with van der Waals surface area (Å²) in [7, 11) is 0. The number of hydrogen-bond donors (Lipinski definition) is 1. The van der Waals surface area contributed by atoms with E-state index < -0.39 is 6.17 Å². The number of nitriles is 1. The first-order valence-corrected chi connectivity index (χ1v) is 9.31. The number of nitrogens with zero attached hydrogens (tertiary/aromatic N) is 4. The van der Waals surface area contributed by atoms with E-state index in [1.54, 1.807) is 12.1 Å². The molecule has 1 saturated heterocycles. The van der Waals surface area contributed by atoms with Crippen LogP contribution in [0, 0.1) is 11.3 Å². The van der Waals surface area contributed by atoms with Crippen molar-refractivity contribution in [2.45, 2.75) is 25.4 Å². The lowest BCUT2D eigenvalue weighted by Gasteiger charge is -2.20. The molecule has 0 aromatic carbocycles. The third kappa shape index (κ3) is 3.80. The molecule has 4 heterocycles. The van der Waals surface area contributed by atoms with Gasteiger partial charge in [0, 0.05) is 30.4 Å². The van der Waals surface area contributed by atoms with E-state index in [0.29, 0.717) is 61.8 Å². The van der Waals surface area contributed by atoms with E-state index in [0.717, 1.165) is 11.3 Å². The molecule has 1 atom stereocenters. The van der Waals surface area contributed by atoms with Crippen LogP contribution in [0.25, 0.3) is 0 Å². The monoisotopic (exact) mass is 381 g/mol. The molecule has 2 aliphatic rings. The van der Waals surface area contributed by atoms with Gasteiger partial charge in [-0.1, -0.05) is 0 Å². The Labute approximate surface area is 162 Å². The van der Waals surface area contributed by atoms with Gasteiger partial charge >= 0.3 is 0 Å². The number of hydrogen-bond acceptors (Lipinski definition) is 6. The second-order valence-electron chi connectivity index (χ2n) is 6.89. The van der Waals surface area contributed by atoms with Gasteiger partial charge in [-0.05, 0) is 36.6 Å².